The predicted molar refractivity (Wildman–Crippen MR) is 58.0 cm³/mol. The van der Waals surface area contributed by atoms with Gasteiger partial charge in [-0.3, -0.25) is 0 Å². The minimum Gasteiger partial charge on any atom is -0.478 e. The molecule has 76 valence electrons. The van der Waals surface area contributed by atoms with Gasteiger partial charge in [-0.1, -0.05) is 6.07 Å². The van der Waals surface area contributed by atoms with Crippen LogP contribution in [0.2, 0.25) is 0 Å². The summed E-state index contributed by atoms with van der Waals surface area (Å²) in [7, 11) is 3.79. The Morgan fingerprint density at radius 2 is 2.14 bits per heavy atom. The molecule has 0 aliphatic rings. The first-order chi connectivity index (χ1) is 6.52. The van der Waals surface area contributed by atoms with Gasteiger partial charge in [0.2, 0.25) is 0 Å². The van der Waals surface area contributed by atoms with Gasteiger partial charge < -0.3 is 10.0 Å². The van der Waals surface area contributed by atoms with Gasteiger partial charge in [-0.2, -0.15) is 0 Å². The molecule has 1 rings (SSSR count). The fourth-order valence-electron chi connectivity index (χ4n) is 1.26. The number of thiol groups is 1. The Hall–Kier alpha value is -1.00. The average Bonchev–Trinajstić information content (AvgIpc) is 2.07. The molecule has 3 nitrogen and oxygen atoms in total. The molecule has 0 fully saturated rings. The summed E-state index contributed by atoms with van der Waals surface area (Å²) in [5, 5.41) is 8.95. The Bertz CT molecular complexity index is 350. The minimum absolute atomic E-state index is 0.325. The van der Waals surface area contributed by atoms with E-state index in [-0.39, 0.29) is 0 Å². The number of hydrogen-bond acceptors (Lipinski definition) is 3. The third-order valence-electron chi connectivity index (χ3n) is 1.86. The number of carbonyl (C=O) groups is 1. The summed E-state index contributed by atoms with van der Waals surface area (Å²) in [5.41, 5.74) is 1.08. The minimum atomic E-state index is -0.905. The number of carboxylic acids is 1. The molecular formula is C10H13NO2S. The highest BCUT2D eigenvalue weighted by molar-refractivity contribution is 7.80. The molecule has 0 atom stereocenters. The molecule has 1 aromatic carbocycles. The Morgan fingerprint density at radius 1 is 1.50 bits per heavy atom. The van der Waals surface area contributed by atoms with E-state index in [1.54, 1.807) is 18.2 Å². The first-order valence-electron chi connectivity index (χ1n) is 4.21. The van der Waals surface area contributed by atoms with E-state index in [1.165, 1.54) is 0 Å². The summed E-state index contributed by atoms with van der Waals surface area (Å²) in [6.07, 6.45) is 0. The molecule has 4 heteroatoms. The monoisotopic (exact) mass is 211 g/mol. The zero-order valence-electron chi connectivity index (χ0n) is 8.19. The standard InChI is InChI=1S/C10H13NO2S/c1-11(2)6-8-7(10(12)13)4-3-5-9(8)14/h3-5,14H,6H2,1-2H3,(H,12,13). The number of carboxylic acid groups (broad SMARTS) is 1. The van der Waals surface area contributed by atoms with Gasteiger partial charge in [-0.15, -0.1) is 12.6 Å². The van der Waals surface area contributed by atoms with Crippen LogP contribution in [0.3, 0.4) is 0 Å². The number of nitrogens with zero attached hydrogens (tertiary/aromatic N) is 1. The first kappa shape index (κ1) is 11.1. The van der Waals surface area contributed by atoms with Crippen LogP contribution in [0.1, 0.15) is 15.9 Å². The van der Waals surface area contributed by atoms with E-state index < -0.39 is 5.97 Å². The Kier molecular flexibility index (Phi) is 3.55. The van der Waals surface area contributed by atoms with Gasteiger partial charge >= 0.3 is 5.97 Å². The number of hydrogen-bond donors (Lipinski definition) is 2. The van der Waals surface area contributed by atoms with Gasteiger partial charge in [0.05, 0.1) is 5.56 Å². The van der Waals surface area contributed by atoms with Crippen molar-refractivity contribution in [3.05, 3.63) is 29.3 Å². The highest BCUT2D eigenvalue weighted by Gasteiger charge is 2.12. The number of benzene rings is 1. The van der Waals surface area contributed by atoms with Crippen molar-refractivity contribution >= 4 is 18.6 Å². The summed E-state index contributed by atoms with van der Waals surface area (Å²) >= 11 is 4.25. The first-order valence-corrected chi connectivity index (χ1v) is 4.66. The third-order valence-corrected chi connectivity index (χ3v) is 2.28. The second kappa shape index (κ2) is 4.48. The number of aromatic carboxylic acids is 1. The largest absolute Gasteiger partial charge is 0.478 e. The molecule has 0 heterocycles. The average molecular weight is 211 g/mol. The van der Waals surface area contributed by atoms with Gasteiger partial charge in [-0.25, -0.2) is 4.79 Å². The van der Waals surface area contributed by atoms with E-state index in [4.69, 9.17) is 5.11 Å². The topological polar surface area (TPSA) is 40.5 Å². The van der Waals surface area contributed by atoms with E-state index in [0.717, 1.165) is 10.5 Å². The fraction of sp³-hybridized carbons (Fsp3) is 0.300. The van der Waals surface area contributed by atoms with E-state index in [1.807, 2.05) is 19.0 Å². The second-order valence-electron chi connectivity index (χ2n) is 3.35. The van der Waals surface area contributed by atoms with Gasteiger partial charge in [0, 0.05) is 11.4 Å². The van der Waals surface area contributed by atoms with E-state index >= 15 is 0 Å². The lowest BCUT2D eigenvalue weighted by Crippen LogP contribution is -2.14. The summed E-state index contributed by atoms with van der Waals surface area (Å²) in [4.78, 5) is 13.5. The lowest BCUT2D eigenvalue weighted by atomic mass is 10.1. The molecule has 0 spiro atoms. The van der Waals surface area contributed by atoms with Crippen molar-refractivity contribution in [1.82, 2.24) is 4.90 Å². The molecular weight excluding hydrogens is 198 g/mol. The quantitative estimate of drug-likeness (QED) is 0.748. The maximum atomic E-state index is 10.9. The molecule has 0 aliphatic carbocycles. The summed E-state index contributed by atoms with van der Waals surface area (Å²) in [5.74, 6) is -0.905. The van der Waals surface area contributed by atoms with Crippen molar-refractivity contribution in [3.63, 3.8) is 0 Å². The van der Waals surface area contributed by atoms with Gasteiger partial charge in [0.15, 0.2) is 0 Å². The molecule has 1 aromatic rings. The molecule has 0 bridgehead atoms. The van der Waals surface area contributed by atoms with Crippen LogP contribution in [0, 0.1) is 0 Å². The molecule has 0 unspecified atom stereocenters. The van der Waals surface area contributed by atoms with E-state index in [9.17, 15) is 4.79 Å². The lowest BCUT2D eigenvalue weighted by molar-refractivity contribution is 0.0694. The molecule has 0 radical (unpaired) electrons. The summed E-state index contributed by atoms with van der Waals surface area (Å²) in [6, 6.07) is 5.10. The summed E-state index contributed by atoms with van der Waals surface area (Å²) < 4.78 is 0. The normalized spacial score (nSPS) is 10.6. The smallest absolute Gasteiger partial charge is 0.336 e. The van der Waals surface area contributed by atoms with E-state index in [0.29, 0.717) is 12.1 Å². The van der Waals surface area contributed by atoms with Crippen LogP contribution < -0.4 is 0 Å². The maximum absolute atomic E-state index is 10.9. The molecule has 0 aliphatic heterocycles. The van der Waals surface area contributed by atoms with Crippen molar-refractivity contribution < 1.29 is 9.90 Å². The van der Waals surface area contributed by atoms with Crippen LogP contribution in [0.25, 0.3) is 0 Å². The van der Waals surface area contributed by atoms with Crippen LogP contribution in [-0.4, -0.2) is 30.1 Å². The van der Waals surface area contributed by atoms with Gasteiger partial charge in [-0.05, 0) is 31.8 Å². The zero-order valence-corrected chi connectivity index (χ0v) is 9.08. The lowest BCUT2D eigenvalue weighted by Gasteiger charge is -2.13. The Balaban J connectivity index is 3.15. The van der Waals surface area contributed by atoms with Crippen molar-refractivity contribution in [2.24, 2.45) is 0 Å². The SMILES string of the molecule is CN(C)Cc1c(S)cccc1C(=O)O. The van der Waals surface area contributed by atoms with Crippen LogP contribution in [0.5, 0.6) is 0 Å². The maximum Gasteiger partial charge on any atom is 0.336 e. The molecule has 0 amide bonds. The van der Waals surface area contributed by atoms with Crippen molar-refractivity contribution in [1.29, 1.82) is 0 Å². The zero-order chi connectivity index (χ0) is 10.7. The van der Waals surface area contributed by atoms with Crippen LogP contribution in [0.15, 0.2) is 23.1 Å². The highest BCUT2D eigenvalue weighted by Crippen LogP contribution is 2.19. The summed E-state index contributed by atoms with van der Waals surface area (Å²) in [6.45, 7) is 0.585. The predicted octanol–water partition coefficient (Wildman–Crippen LogP) is 1.74. The van der Waals surface area contributed by atoms with Crippen LogP contribution >= 0.6 is 12.6 Å². The molecule has 0 aromatic heterocycles. The van der Waals surface area contributed by atoms with Crippen molar-refractivity contribution in [3.8, 4) is 0 Å². The van der Waals surface area contributed by atoms with Gasteiger partial charge in [0.1, 0.15) is 0 Å². The molecule has 1 N–H and O–H groups in total. The Labute approximate surface area is 88.8 Å². The highest BCUT2D eigenvalue weighted by atomic mass is 32.1. The molecule has 0 saturated carbocycles. The Morgan fingerprint density at radius 3 is 2.64 bits per heavy atom. The second-order valence-corrected chi connectivity index (χ2v) is 3.83. The van der Waals surface area contributed by atoms with Crippen LogP contribution in [-0.2, 0) is 6.54 Å². The fourth-order valence-corrected chi connectivity index (χ4v) is 1.53. The van der Waals surface area contributed by atoms with Crippen molar-refractivity contribution in [2.45, 2.75) is 11.4 Å². The molecule has 0 saturated heterocycles. The van der Waals surface area contributed by atoms with E-state index in [2.05, 4.69) is 12.6 Å². The van der Waals surface area contributed by atoms with Gasteiger partial charge in [0.25, 0.3) is 0 Å². The number of rotatable bonds is 3. The van der Waals surface area contributed by atoms with Crippen molar-refractivity contribution in [2.75, 3.05) is 14.1 Å². The molecule has 14 heavy (non-hydrogen) atoms. The third kappa shape index (κ3) is 2.49. The van der Waals surface area contributed by atoms with Crippen LogP contribution in [0.4, 0.5) is 0 Å².